The van der Waals surface area contributed by atoms with Gasteiger partial charge >= 0.3 is 5.97 Å². The monoisotopic (exact) mass is 211 g/mol. The van der Waals surface area contributed by atoms with E-state index >= 15 is 0 Å². The van der Waals surface area contributed by atoms with Crippen LogP contribution in [0.1, 0.15) is 19.8 Å². The summed E-state index contributed by atoms with van der Waals surface area (Å²) in [6, 6.07) is 0.398. The van der Waals surface area contributed by atoms with E-state index in [4.69, 9.17) is 4.74 Å². The Morgan fingerprint density at radius 3 is 2.87 bits per heavy atom. The molecule has 0 amide bonds. The lowest BCUT2D eigenvalue weighted by Gasteiger charge is -2.32. The van der Waals surface area contributed by atoms with E-state index in [9.17, 15) is 9.90 Å². The van der Waals surface area contributed by atoms with Crippen molar-refractivity contribution < 1.29 is 14.6 Å². The van der Waals surface area contributed by atoms with Gasteiger partial charge in [-0.2, -0.15) is 0 Å². The second-order valence-electron chi connectivity index (χ2n) is 4.52. The predicted octanol–water partition coefficient (Wildman–Crippen LogP) is 1.08. The molecule has 84 valence electrons. The van der Waals surface area contributed by atoms with Gasteiger partial charge in [0.05, 0.1) is 12.7 Å². The predicted molar refractivity (Wildman–Crippen MR) is 55.4 cm³/mol. The van der Waals surface area contributed by atoms with Crippen LogP contribution in [0.25, 0.3) is 0 Å². The summed E-state index contributed by atoms with van der Waals surface area (Å²) in [7, 11) is 3.36. The number of aliphatic hydroxyl groups excluding tert-OH is 1. The van der Waals surface area contributed by atoms with Crippen LogP contribution in [-0.4, -0.2) is 42.2 Å². The zero-order valence-corrected chi connectivity index (χ0v) is 9.36. The first-order chi connectivity index (χ1) is 7.06. The van der Waals surface area contributed by atoms with Gasteiger partial charge in [-0.05, 0) is 19.4 Å². The number of carbonyl (C=O) groups is 1. The lowest BCUT2D eigenvalue weighted by Crippen LogP contribution is -2.41. The molecule has 0 radical (unpaired) electrons. The number of carbonyl (C=O) groups excluding carboxylic acids is 1. The summed E-state index contributed by atoms with van der Waals surface area (Å²) in [6.07, 6.45) is 1.49. The van der Waals surface area contributed by atoms with Crippen LogP contribution in [0.15, 0.2) is 11.3 Å². The molecule has 2 aliphatic heterocycles. The van der Waals surface area contributed by atoms with E-state index in [1.807, 2.05) is 7.05 Å². The Morgan fingerprint density at radius 1 is 1.60 bits per heavy atom. The van der Waals surface area contributed by atoms with Gasteiger partial charge in [0.25, 0.3) is 0 Å². The molecule has 0 aromatic rings. The lowest BCUT2D eigenvalue weighted by atomic mass is 9.99. The second-order valence-corrected chi connectivity index (χ2v) is 4.52. The lowest BCUT2D eigenvalue weighted by molar-refractivity contribution is -0.137. The zero-order chi connectivity index (χ0) is 11.2. The topological polar surface area (TPSA) is 49.8 Å². The van der Waals surface area contributed by atoms with Gasteiger partial charge in [-0.3, -0.25) is 4.90 Å². The van der Waals surface area contributed by atoms with Crippen molar-refractivity contribution in [3.63, 3.8) is 0 Å². The van der Waals surface area contributed by atoms with Gasteiger partial charge in [0.1, 0.15) is 5.76 Å². The van der Waals surface area contributed by atoms with Crippen LogP contribution in [0, 0.1) is 5.92 Å². The molecule has 0 aromatic heterocycles. The maximum absolute atomic E-state index is 11.6. The fourth-order valence-electron chi connectivity index (χ4n) is 2.84. The minimum atomic E-state index is -0.392. The summed E-state index contributed by atoms with van der Waals surface area (Å²) in [4.78, 5) is 13.7. The Labute approximate surface area is 89.5 Å². The number of aliphatic hydroxyl groups is 1. The molecule has 1 saturated heterocycles. The summed E-state index contributed by atoms with van der Waals surface area (Å²) in [5.41, 5.74) is 0.459. The minimum absolute atomic E-state index is 0.0335. The van der Waals surface area contributed by atoms with Crippen LogP contribution in [0.2, 0.25) is 0 Å². The normalized spacial score (nSPS) is 35.8. The summed E-state index contributed by atoms with van der Waals surface area (Å²) < 4.78 is 4.71. The highest BCUT2D eigenvalue weighted by molar-refractivity contribution is 5.90. The average Bonchev–Trinajstić information content (AvgIpc) is 2.39. The molecule has 2 bridgehead atoms. The molecule has 4 nitrogen and oxygen atoms in total. The quantitative estimate of drug-likeness (QED) is 0.659. The van der Waals surface area contributed by atoms with Crippen molar-refractivity contribution in [1.29, 1.82) is 0 Å². The van der Waals surface area contributed by atoms with Gasteiger partial charge in [0.15, 0.2) is 0 Å². The molecule has 1 fully saturated rings. The molecular weight excluding hydrogens is 194 g/mol. The second kappa shape index (κ2) is 3.52. The standard InChI is InChI=1S/C11H17NO3/c1-6-4-8-10(11(14)15-3)9(13)5-7(6)12(8)2/h6-8,13H,4-5H2,1-3H3/t6-,7+,8+/m0/s1. The van der Waals surface area contributed by atoms with Crippen molar-refractivity contribution in [3.8, 4) is 0 Å². The molecule has 0 aliphatic carbocycles. The van der Waals surface area contributed by atoms with Crippen LogP contribution in [0.3, 0.4) is 0 Å². The van der Waals surface area contributed by atoms with E-state index in [0.29, 0.717) is 24.0 Å². The van der Waals surface area contributed by atoms with Crippen molar-refractivity contribution in [2.75, 3.05) is 14.2 Å². The molecule has 15 heavy (non-hydrogen) atoms. The van der Waals surface area contributed by atoms with Crippen LogP contribution in [0.4, 0.5) is 0 Å². The number of hydrogen-bond donors (Lipinski definition) is 1. The summed E-state index contributed by atoms with van der Waals surface area (Å²) in [5, 5.41) is 9.84. The summed E-state index contributed by atoms with van der Waals surface area (Å²) in [6.45, 7) is 2.16. The molecule has 2 rings (SSSR count). The molecule has 3 atom stereocenters. The number of esters is 1. The van der Waals surface area contributed by atoms with Crippen LogP contribution < -0.4 is 0 Å². The van der Waals surface area contributed by atoms with Crippen LogP contribution >= 0.6 is 0 Å². The first-order valence-corrected chi connectivity index (χ1v) is 5.28. The third-order valence-electron chi connectivity index (χ3n) is 3.72. The number of hydrogen-bond acceptors (Lipinski definition) is 4. The SMILES string of the molecule is COC(=O)C1=C(O)C[C@@H]2[C@@H](C)C[C@H]1N2C. The van der Waals surface area contributed by atoms with E-state index in [1.165, 1.54) is 7.11 Å². The number of likely N-dealkylation sites (N-methyl/N-ethyl adjacent to an activating group) is 1. The van der Waals surface area contributed by atoms with Crippen LogP contribution in [0.5, 0.6) is 0 Å². The molecular formula is C11H17NO3. The summed E-state index contributed by atoms with van der Waals surface area (Å²) >= 11 is 0. The molecule has 2 aliphatic rings. The molecule has 2 heterocycles. The molecule has 0 aromatic carbocycles. The van der Waals surface area contributed by atoms with Crippen molar-refractivity contribution in [2.24, 2.45) is 5.92 Å². The number of ether oxygens (including phenoxy) is 1. The van der Waals surface area contributed by atoms with E-state index < -0.39 is 5.97 Å². The number of rotatable bonds is 1. The van der Waals surface area contributed by atoms with Crippen molar-refractivity contribution >= 4 is 5.97 Å². The number of fused-ring (bicyclic) bond motifs is 2. The van der Waals surface area contributed by atoms with Gasteiger partial charge in [-0.25, -0.2) is 4.79 Å². The van der Waals surface area contributed by atoms with Gasteiger partial charge in [-0.15, -0.1) is 0 Å². The van der Waals surface area contributed by atoms with E-state index in [1.54, 1.807) is 0 Å². The Morgan fingerprint density at radius 2 is 2.27 bits per heavy atom. The number of nitrogens with zero attached hydrogens (tertiary/aromatic N) is 1. The average molecular weight is 211 g/mol. The van der Waals surface area contributed by atoms with Crippen molar-refractivity contribution in [1.82, 2.24) is 4.90 Å². The maximum atomic E-state index is 11.6. The van der Waals surface area contributed by atoms with Gasteiger partial charge in [-0.1, -0.05) is 6.92 Å². The Kier molecular flexibility index (Phi) is 2.46. The molecule has 0 unspecified atom stereocenters. The minimum Gasteiger partial charge on any atom is -0.512 e. The van der Waals surface area contributed by atoms with Crippen LogP contribution in [-0.2, 0) is 9.53 Å². The Bertz CT molecular complexity index is 324. The molecule has 0 saturated carbocycles. The van der Waals surface area contributed by atoms with Gasteiger partial charge in [0.2, 0.25) is 0 Å². The Balaban J connectivity index is 2.34. The molecule has 1 N–H and O–H groups in total. The highest BCUT2D eigenvalue weighted by atomic mass is 16.5. The fourth-order valence-corrected chi connectivity index (χ4v) is 2.84. The highest BCUT2D eigenvalue weighted by Crippen LogP contribution is 2.40. The van der Waals surface area contributed by atoms with E-state index in [2.05, 4.69) is 11.8 Å². The Hall–Kier alpha value is -1.03. The first kappa shape index (κ1) is 10.5. The third kappa shape index (κ3) is 1.44. The molecule has 0 spiro atoms. The first-order valence-electron chi connectivity index (χ1n) is 5.28. The number of methoxy groups -OCH3 is 1. The highest BCUT2D eigenvalue weighted by Gasteiger charge is 2.46. The van der Waals surface area contributed by atoms with Gasteiger partial charge < -0.3 is 9.84 Å². The van der Waals surface area contributed by atoms with Crippen molar-refractivity contribution in [2.45, 2.75) is 31.8 Å². The molecule has 4 heteroatoms. The smallest absolute Gasteiger partial charge is 0.338 e. The summed E-state index contributed by atoms with van der Waals surface area (Å²) in [5.74, 6) is 0.348. The zero-order valence-electron chi connectivity index (χ0n) is 9.36. The maximum Gasteiger partial charge on any atom is 0.338 e. The van der Waals surface area contributed by atoms with Gasteiger partial charge in [0, 0.05) is 18.5 Å². The van der Waals surface area contributed by atoms with Crippen molar-refractivity contribution in [3.05, 3.63) is 11.3 Å². The van der Waals surface area contributed by atoms with E-state index in [-0.39, 0.29) is 11.8 Å². The fraction of sp³-hybridized carbons (Fsp3) is 0.727. The largest absolute Gasteiger partial charge is 0.512 e. The third-order valence-corrected chi connectivity index (χ3v) is 3.72. The van der Waals surface area contributed by atoms with E-state index in [0.717, 1.165) is 6.42 Å².